The molecule has 0 radical (unpaired) electrons. The molecule has 1 aliphatic rings. The first-order valence-corrected chi connectivity index (χ1v) is 5.24. The third-order valence-corrected chi connectivity index (χ3v) is 2.75. The highest BCUT2D eigenvalue weighted by atomic mass is 16.1. The molecule has 76 valence electrons. The molecule has 0 aliphatic carbocycles. The van der Waals surface area contributed by atoms with E-state index < -0.39 is 0 Å². The number of carbonyl (C=O) groups excluding carboxylic acids is 1. The Labute approximate surface area is 80.3 Å². The van der Waals surface area contributed by atoms with Crippen LogP contribution in [0.1, 0.15) is 33.1 Å². The van der Waals surface area contributed by atoms with Crippen molar-refractivity contribution in [2.75, 3.05) is 13.1 Å². The number of amides is 1. The molecule has 0 spiro atoms. The van der Waals surface area contributed by atoms with Gasteiger partial charge in [0.25, 0.3) is 0 Å². The van der Waals surface area contributed by atoms with Gasteiger partial charge in [0.1, 0.15) is 0 Å². The number of rotatable bonds is 3. The summed E-state index contributed by atoms with van der Waals surface area (Å²) < 4.78 is 0. The monoisotopic (exact) mass is 184 g/mol. The largest absolute Gasteiger partial charge is 0.353 e. The molecule has 1 aliphatic heterocycles. The van der Waals surface area contributed by atoms with Crippen LogP contribution in [-0.2, 0) is 4.79 Å². The van der Waals surface area contributed by atoms with Gasteiger partial charge in [0, 0.05) is 12.5 Å². The average Bonchev–Trinajstić information content (AvgIpc) is 2.19. The number of hydrogen-bond donors (Lipinski definition) is 2. The van der Waals surface area contributed by atoms with Crippen molar-refractivity contribution in [2.45, 2.75) is 39.2 Å². The van der Waals surface area contributed by atoms with Crippen molar-refractivity contribution >= 4 is 5.91 Å². The summed E-state index contributed by atoms with van der Waals surface area (Å²) in [5.41, 5.74) is 0. The lowest BCUT2D eigenvalue weighted by molar-refractivity contribution is -0.121. The van der Waals surface area contributed by atoms with Crippen LogP contribution in [0.2, 0.25) is 0 Å². The van der Waals surface area contributed by atoms with E-state index in [4.69, 9.17) is 0 Å². The second kappa shape index (κ2) is 5.22. The average molecular weight is 184 g/mol. The van der Waals surface area contributed by atoms with Gasteiger partial charge in [0.05, 0.1) is 0 Å². The fourth-order valence-electron chi connectivity index (χ4n) is 1.78. The van der Waals surface area contributed by atoms with Crippen molar-refractivity contribution in [3.05, 3.63) is 0 Å². The number of piperidine rings is 1. The molecule has 2 atom stereocenters. The van der Waals surface area contributed by atoms with Gasteiger partial charge in [0.15, 0.2) is 0 Å². The molecule has 1 fully saturated rings. The van der Waals surface area contributed by atoms with E-state index in [1.165, 1.54) is 12.8 Å². The molecule has 0 aromatic rings. The summed E-state index contributed by atoms with van der Waals surface area (Å²) in [6.45, 7) is 6.17. The Morgan fingerprint density at radius 1 is 1.69 bits per heavy atom. The zero-order valence-corrected chi connectivity index (χ0v) is 8.60. The predicted octanol–water partition coefficient (Wildman–Crippen LogP) is 0.901. The van der Waals surface area contributed by atoms with Gasteiger partial charge in [-0.3, -0.25) is 4.79 Å². The Kier molecular flexibility index (Phi) is 4.22. The number of nitrogens with one attached hydrogen (secondary N) is 2. The minimum absolute atomic E-state index is 0.165. The first-order valence-electron chi connectivity index (χ1n) is 5.24. The standard InChI is InChI=1S/C10H20N2O/c1-3-10(13)12-8(2)9-5-4-6-11-7-9/h8-9,11H,3-7H2,1-2H3,(H,12,13). The number of carbonyl (C=O) groups is 1. The summed E-state index contributed by atoms with van der Waals surface area (Å²) >= 11 is 0. The van der Waals surface area contributed by atoms with Gasteiger partial charge in [-0.25, -0.2) is 0 Å². The zero-order chi connectivity index (χ0) is 9.68. The third kappa shape index (κ3) is 3.35. The van der Waals surface area contributed by atoms with Crippen molar-refractivity contribution in [2.24, 2.45) is 5.92 Å². The smallest absolute Gasteiger partial charge is 0.219 e. The molecule has 0 bridgehead atoms. The molecule has 0 aromatic heterocycles. The molecule has 1 saturated heterocycles. The first-order chi connectivity index (χ1) is 6.24. The van der Waals surface area contributed by atoms with Crippen LogP contribution in [0.25, 0.3) is 0 Å². The fraction of sp³-hybridized carbons (Fsp3) is 0.900. The van der Waals surface area contributed by atoms with Crippen LogP contribution >= 0.6 is 0 Å². The second-order valence-corrected chi connectivity index (χ2v) is 3.82. The van der Waals surface area contributed by atoms with Crippen LogP contribution in [0.4, 0.5) is 0 Å². The van der Waals surface area contributed by atoms with E-state index in [2.05, 4.69) is 17.6 Å². The van der Waals surface area contributed by atoms with Crippen LogP contribution in [0.15, 0.2) is 0 Å². The van der Waals surface area contributed by atoms with E-state index in [1.807, 2.05) is 6.92 Å². The zero-order valence-electron chi connectivity index (χ0n) is 8.60. The Hall–Kier alpha value is -0.570. The van der Waals surface area contributed by atoms with E-state index in [-0.39, 0.29) is 5.91 Å². The van der Waals surface area contributed by atoms with Gasteiger partial charge in [-0.2, -0.15) is 0 Å². The summed E-state index contributed by atoms with van der Waals surface area (Å²) in [7, 11) is 0. The minimum atomic E-state index is 0.165. The molecule has 1 heterocycles. The van der Waals surface area contributed by atoms with Crippen LogP contribution in [0.5, 0.6) is 0 Å². The van der Waals surface area contributed by atoms with Crippen LogP contribution in [0.3, 0.4) is 0 Å². The maximum absolute atomic E-state index is 11.1. The highest BCUT2D eigenvalue weighted by Crippen LogP contribution is 2.13. The normalized spacial score (nSPS) is 25.2. The van der Waals surface area contributed by atoms with Crippen molar-refractivity contribution in [3.8, 4) is 0 Å². The van der Waals surface area contributed by atoms with Crippen molar-refractivity contribution in [1.82, 2.24) is 10.6 Å². The van der Waals surface area contributed by atoms with E-state index >= 15 is 0 Å². The van der Waals surface area contributed by atoms with E-state index in [1.54, 1.807) is 0 Å². The molecule has 2 N–H and O–H groups in total. The fourth-order valence-corrected chi connectivity index (χ4v) is 1.78. The molecule has 0 saturated carbocycles. The lowest BCUT2D eigenvalue weighted by atomic mass is 9.93. The maximum Gasteiger partial charge on any atom is 0.219 e. The maximum atomic E-state index is 11.1. The topological polar surface area (TPSA) is 41.1 Å². The van der Waals surface area contributed by atoms with Gasteiger partial charge in [-0.15, -0.1) is 0 Å². The van der Waals surface area contributed by atoms with Gasteiger partial charge in [-0.1, -0.05) is 6.92 Å². The lowest BCUT2D eigenvalue weighted by Crippen LogP contribution is -2.44. The van der Waals surface area contributed by atoms with Crippen molar-refractivity contribution < 1.29 is 4.79 Å². The molecular formula is C10H20N2O. The summed E-state index contributed by atoms with van der Waals surface area (Å²) in [6.07, 6.45) is 3.06. The minimum Gasteiger partial charge on any atom is -0.353 e. The Morgan fingerprint density at radius 2 is 2.46 bits per heavy atom. The molecule has 3 heteroatoms. The van der Waals surface area contributed by atoms with Crippen LogP contribution in [-0.4, -0.2) is 25.0 Å². The Balaban J connectivity index is 2.28. The van der Waals surface area contributed by atoms with E-state index in [9.17, 15) is 4.79 Å². The predicted molar refractivity (Wildman–Crippen MR) is 53.5 cm³/mol. The second-order valence-electron chi connectivity index (χ2n) is 3.82. The SMILES string of the molecule is CCC(=O)NC(C)C1CCCNC1. The quantitative estimate of drug-likeness (QED) is 0.684. The van der Waals surface area contributed by atoms with Crippen molar-refractivity contribution in [3.63, 3.8) is 0 Å². The summed E-state index contributed by atoms with van der Waals surface area (Å²) in [4.78, 5) is 11.1. The Morgan fingerprint density at radius 3 is 3.00 bits per heavy atom. The van der Waals surface area contributed by atoms with Gasteiger partial charge in [-0.05, 0) is 38.8 Å². The summed E-state index contributed by atoms with van der Waals surface area (Å²) in [5.74, 6) is 0.780. The first kappa shape index (κ1) is 10.5. The third-order valence-electron chi connectivity index (χ3n) is 2.75. The van der Waals surface area contributed by atoms with Gasteiger partial charge < -0.3 is 10.6 Å². The Bertz CT molecular complexity index is 164. The highest BCUT2D eigenvalue weighted by molar-refractivity contribution is 5.75. The molecule has 0 aromatic carbocycles. The highest BCUT2D eigenvalue weighted by Gasteiger charge is 2.20. The van der Waals surface area contributed by atoms with Gasteiger partial charge >= 0.3 is 0 Å². The van der Waals surface area contributed by atoms with Crippen LogP contribution in [0, 0.1) is 5.92 Å². The molecule has 1 rings (SSSR count). The summed E-state index contributed by atoms with van der Waals surface area (Å²) in [5, 5.41) is 6.38. The molecule has 2 unspecified atom stereocenters. The lowest BCUT2D eigenvalue weighted by Gasteiger charge is -2.28. The molecule has 3 nitrogen and oxygen atoms in total. The van der Waals surface area contributed by atoms with Gasteiger partial charge in [0.2, 0.25) is 5.91 Å². The van der Waals surface area contributed by atoms with Crippen molar-refractivity contribution in [1.29, 1.82) is 0 Å². The molecule has 1 amide bonds. The molecular weight excluding hydrogens is 164 g/mol. The van der Waals surface area contributed by atoms with Crippen LogP contribution < -0.4 is 10.6 Å². The van der Waals surface area contributed by atoms with E-state index in [0.29, 0.717) is 18.4 Å². The van der Waals surface area contributed by atoms with E-state index in [0.717, 1.165) is 13.1 Å². The number of hydrogen-bond acceptors (Lipinski definition) is 2. The summed E-state index contributed by atoms with van der Waals surface area (Å²) in [6, 6.07) is 0.320. The molecule has 13 heavy (non-hydrogen) atoms.